The third-order valence-electron chi connectivity index (χ3n) is 4.57. The van der Waals surface area contributed by atoms with Gasteiger partial charge in [0.05, 0.1) is 12.4 Å². The van der Waals surface area contributed by atoms with E-state index in [1.54, 1.807) is 25.5 Å². The summed E-state index contributed by atoms with van der Waals surface area (Å²) >= 11 is 0. The number of likely N-dealkylation sites (tertiary alicyclic amines) is 1. The molecule has 0 unspecified atom stereocenters. The Bertz CT molecular complexity index is 650. The van der Waals surface area contributed by atoms with Crippen molar-refractivity contribution in [3.05, 3.63) is 59.5 Å². The monoisotopic (exact) mass is 313 g/mol. The number of carbonyl (C=O) groups excluding carboxylic acids is 1. The van der Waals surface area contributed by atoms with Gasteiger partial charge in [0.15, 0.2) is 5.76 Å². The minimum Gasteiger partial charge on any atom is -0.459 e. The van der Waals surface area contributed by atoms with Gasteiger partial charge >= 0.3 is 0 Å². The van der Waals surface area contributed by atoms with Gasteiger partial charge in [-0.2, -0.15) is 0 Å². The number of rotatable bonds is 4. The van der Waals surface area contributed by atoms with Crippen LogP contribution in [0.5, 0.6) is 0 Å². The predicted molar refractivity (Wildman–Crippen MR) is 88.4 cm³/mol. The van der Waals surface area contributed by atoms with Gasteiger partial charge in [-0.05, 0) is 37.5 Å². The van der Waals surface area contributed by atoms with Crippen LogP contribution in [0.15, 0.2) is 47.1 Å². The minimum atomic E-state index is -0.0289. The number of aryl methyl sites for hydroxylation is 1. The Balaban J connectivity index is 1.72. The first-order valence-corrected chi connectivity index (χ1v) is 8.08. The highest BCUT2D eigenvalue weighted by Gasteiger charge is 2.32. The topological polar surface area (TPSA) is 42.7 Å². The van der Waals surface area contributed by atoms with Crippen LogP contribution in [0.3, 0.4) is 0 Å². The molecule has 0 aliphatic carbocycles. The zero-order valence-corrected chi connectivity index (χ0v) is 13.7. The van der Waals surface area contributed by atoms with Gasteiger partial charge in [-0.15, -0.1) is 0 Å². The van der Waals surface area contributed by atoms with E-state index >= 15 is 0 Å². The van der Waals surface area contributed by atoms with Crippen LogP contribution in [0.25, 0.3) is 0 Å². The smallest absolute Gasteiger partial charge is 0.289 e. The molecule has 1 saturated heterocycles. The number of piperidine rings is 1. The fourth-order valence-electron chi connectivity index (χ4n) is 3.40. The molecular formula is C19H23NO3. The Morgan fingerprint density at radius 1 is 1.35 bits per heavy atom. The van der Waals surface area contributed by atoms with Crippen LogP contribution < -0.4 is 0 Å². The summed E-state index contributed by atoms with van der Waals surface area (Å²) in [4.78, 5) is 14.4. The number of benzene rings is 1. The Morgan fingerprint density at radius 3 is 2.91 bits per heavy atom. The SMILES string of the molecule is CO[C@H]1CCN(C(=O)c2ccco2)C[C@H]1Cc1cccc(C)c1. The summed E-state index contributed by atoms with van der Waals surface area (Å²) < 4.78 is 10.9. The highest BCUT2D eigenvalue weighted by atomic mass is 16.5. The summed E-state index contributed by atoms with van der Waals surface area (Å²) in [6, 6.07) is 12.0. The van der Waals surface area contributed by atoms with E-state index in [1.807, 2.05) is 4.90 Å². The molecule has 1 fully saturated rings. The first kappa shape index (κ1) is 15.8. The van der Waals surface area contributed by atoms with Crippen LogP contribution in [0, 0.1) is 12.8 Å². The van der Waals surface area contributed by atoms with Crippen molar-refractivity contribution < 1.29 is 13.9 Å². The molecule has 122 valence electrons. The van der Waals surface area contributed by atoms with Crippen molar-refractivity contribution in [2.45, 2.75) is 25.9 Å². The maximum absolute atomic E-state index is 12.5. The predicted octanol–water partition coefficient (Wildman–Crippen LogP) is 3.31. The lowest BCUT2D eigenvalue weighted by molar-refractivity contribution is -0.00390. The first-order valence-electron chi connectivity index (χ1n) is 8.08. The molecule has 4 heteroatoms. The van der Waals surface area contributed by atoms with Crippen LogP contribution in [0.2, 0.25) is 0 Å². The average Bonchev–Trinajstić information content (AvgIpc) is 3.08. The summed E-state index contributed by atoms with van der Waals surface area (Å²) in [5, 5.41) is 0. The number of hydrogen-bond donors (Lipinski definition) is 0. The Hall–Kier alpha value is -2.07. The van der Waals surface area contributed by atoms with Gasteiger partial charge in [-0.3, -0.25) is 4.79 Å². The van der Waals surface area contributed by atoms with Crippen molar-refractivity contribution in [3.8, 4) is 0 Å². The van der Waals surface area contributed by atoms with Crippen molar-refractivity contribution in [2.24, 2.45) is 5.92 Å². The summed E-state index contributed by atoms with van der Waals surface area (Å²) in [5.41, 5.74) is 2.56. The second-order valence-electron chi connectivity index (χ2n) is 6.24. The highest BCUT2D eigenvalue weighted by Crippen LogP contribution is 2.25. The van der Waals surface area contributed by atoms with Gasteiger partial charge in [-0.25, -0.2) is 0 Å². The Morgan fingerprint density at radius 2 is 2.22 bits per heavy atom. The van der Waals surface area contributed by atoms with E-state index in [9.17, 15) is 4.79 Å². The molecule has 4 nitrogen and oxygen atoms in total. The maximum atomic E-state index is 12.5. The van der Waals surface area contributed by atoms with Crippen LogP contribution in [0.1, 0.15) is 28.1 Å². The highest BCUT2D eigenvalue weighted by molar-refractivity contribution is 5.91. The molecule has 1 aromatic carbocycles. The second kappa shape index (κ2) is 7.01. The third kappa shape index (κ3) is 3.64. The van der Waals surface area contributed by atoms with Crippen molar-refractivity contribution in [3.63, 3.8) is 0 Å². The lowest BCUT2D eigenvalue weighted by Crippen LogP contribution is -2.47. The van der Waals surface area contributed by atoms with Crippen LogP contribution in [-0.2, 0) is 11.2 Å². The fourth-order valence-corrected chi connectivity index (χ4v) is 3.40. The van der Waals surface area contributed by atoms with E-state index in [-0.39, 0.29) is 12.0 Å². The van der Waals surface area contributed by atoms with Crippen molar-refractivity contribution in [2.75, 3.05) is 20.2 Å². The lowest BCUT2D eigenvalue weighted by Gasteiger charge is -2.37. The normalized spacial score (nSPS) is 21.4. The maximum Gasteiger partial charge on any atom is 0.289 e. The molecule has 0 saturated carbocycles. The molecule has 2 heterocycles. The van der Waals surface area contributed by atoms with Gasteiger partial charge in [0.1, 0.15) is 0 Å². The Labute approximate surface area is 137 Å². The number of ether oxygens (including phenoxy) is 1. The van der Waals surface area contributed by atoms with E-state index < -0.39 is 0 Å². The van der Waals surface area contributed by atoms with Gasteiger partial charge in [0.25, 0.3) is 5.91 Å². The number of carbonyl (C=O) groups is 1. The summed E-state index contributed by atoms with van der Waals surface area (Å²) in [6.45, 7) is 3.51. The standard InChI is InChI=1S/C19H23NO3/c1-14-5-3-6-15(11-14)12-16-13-20(9-8-17(16)22-2)19(21)18-7-4-10-23-18/h3-7,10-11,16-17H,8-9,12-13H2,1-2H3/t16-,17+/m1/s1. The van der Waals surface area contributed by atoms with Crippen molar-refractivity contribution >= 4 is 5.91 Å². The lowest BCUT2D eigenvalue weighted by atomic mass is 9.88. The van der Waals surface area contributed by atoms with Gasteiger partial charge in [0.2, 0.25) is 0 Å². The third-order valence-corrected chi connectivity index (χ3v) is 4.57. The molecule has 2 atom stereocenters. The van der Waals surface area contributed by atoms with Crippen LogP contribution >= 0.6 is 0 Å². The molecule has 3 rings (SSSR count). The molecule has 0 radical (unpaired) electrons. The Kier molecular flexibility index (Phi) is 4.82. The summed E-state index contributed by atoms with van der Waals surface area (Å²) in [7, 11) is 1.76. The van der Waals surface area contributed by atoms with Gasteiger partial charge in [0, 0.05) is 26.1 Å². The van der Waals surface area contributed by atoms with E-state index in [0.29, 0.717) is 24.8 Å². The molecule has 0 spiro atoms. The first-order chi connectivity index (χ1) is 11.2. The molecule has 1 aliphatic rings. The number of methoxy groups -OCH3 is 1. The zero-order valence-electron chi connectivity index (χ0n) is 13.7. The molecule has 1 aliphatic heterocycles. The molecule has 0 bridgehead atoms. The van der Waals surface area contributed by atoms with E-state index in [1.165, 1.54) is 11.1 Å². The van der Waals surface area contributed by atoms with E-state index in [2.05, 4.69) is 31.2 Å². The molecule has 0 N–H and O–H groups in total. The molecule has 1 amide bonds. The van der Waals surface area contributed by atoms with Crippen LogP contribution in [0.4, 0.5) is 0 Å². The number of hydrogen-bond acceptors (Lipinski definition) is 3. The largest absolute Gasteiger partial charge is 0.459 e. The molecule has 2 aromatic rings. The van der Waals surface area contributed by atoms with E-state index in [0.717, 1.165) is 12.8 Å². The summed E-state index contributed by atoms with van der Waals surface area (Å²) in [5.74, 6) is 0.684. The molecular weight excluding hydrogens is 290 g/mol. The number of furan rings is 1. The second-order valence-corrected chi connectivity index (χ2v) is 6.24. The van der Waals surface area contributed by atoms with Gasteiger partial charge < -0.3 is 14.1 Å². The molecule has 1 aromatic heterocycles. The summed E-state index contributed by atoms with van der Waals surface area (Å²) in [6.07, 6.45) is 3.51. The van der Waals surface area contributed by atoms with Crippen molar-refractivity contribution in [1.82, 2.24) is 4.90 Å². The van der Waals surface area contributed by atoms with E-state index in [4.69, 9.17) is 9.15 Å². The zero-order chi connectivity index (χ0) is 16.2. The number of amides is 1. The van der Waals surface area contributed by atoms with Crippen LogP contribution in [-0.4, -0.2) is 37.1 Å². The fraction of sp³-hybridized carbons (Fsp3) is 0.421. The van der Waals surface area contributed by atoms with Crippen molar-refractivity contribution in [1.29, 1.82) is 0 Å². The van der Waals surface area contributed by atoms with Gasteiger partial charge in [-0.1, -0.05) is 29.8 Å². The number of nitrogens with zero attached hydrogens (tertiary/aromatic N) is 1. The minimum absolute atomic E-state index is 0.0289. The quantitative estimate of drug-likeness (QED) is 0.870. The molecule has 23 heavy (non-hydrogen) atoms. The average molecular weight is 313 g/mol.